The molecular formula is C22H34N2O5S. The molecule has 8 heteroatoms. The normalized spacial score (nSPS) is 35.8. The summed E-state index contributed by atoms with van der Waals surface area (Å²) in [6.07, 6.45) is 2.35. The van der Waals surface area contributed by atoms with Crippen molar-refractivity contribution in [1.29, 1.82) is 0 Å². The fourth-order valence-corrected chi connectivity index (χ4v) is 8.25. The number of aliphatic hydroxyl groups excluding tert-OH is 1. The predicted molar refractivity (Wildman–Crippen MR) is 116 cm³/mol. The molecule has 2 N–H and O–H groups in total. The summed E-state index contributed by atoms with van der Waals surface area (Å²) >= 11 is 1.53. The highest BCUT2D eigenvalue weighted by Crippen LogP contribution is 2.69. The molecule has 2 bridgehead atoms. The zero-order valence-corrected chi connectivity index (χ0v) is 19.3. The first-order valence-electron chi connectivity index (χ1n) is 10.8. The summed E-state index contributed by atoms with van der Waals surface area (Å²) in [5.74, 6) is -3.02. The molecule has 3 heterocycles. The minimum atomic E-state index is -0.968. The zero-order valence-electron chi connectivity index (χ0n) is 18.4. The fraction of sp³-hybridized carbons (Fsp3) is 0.773. The van der Waals surface area contributed by atoms with Crippen molar-refractivity contribution < 1.29 is 24.6 Å². The number of nitrogens with zero attached hydrogens (tertiary/aromatic N) is 2. The molecule has 7 atom stereocenters. The number of hydrogen-bond acceptors (Lipinski definition) is 5. The summed E-state index contributed by atoms with van der Waals surface area (Å²) < 4.78 is -0.779. The van der Waals surface area contributed by atoms with Crippen LogP contribution in [-0.2, 0) is 14.4 Å². The molecular weight excluding hydrogens is 404 g/mol. The van der Waals surface area contributed by atoms with Gasteiger partial charge in [-0.2, -0.15) is 0 Å². The van der Waals surface area contributed by atoms with Gasteiger partial charge >= 0.3 is 5.97 Å². The number of hydrogen-bond donors (Lipinski definition) is 2. The number of likely N-dealkylation sites (tertiary alicyclic amines) is 1. The highest BCUT2D eigenvalue weighted by molar-refractivity contribution is 8.02. The van der Waals surface area contributed by atoms with Crippen molar-refractivity contribution in [3.63, 3.8) is 0 Å². The second-order valence-corrected chi connectivity index (χ2v) is 11.1. The molecule has 0 aromatic heterocycles. The van der Waals surface area contributed by atoms with Crippen LogP contribution < -0.4 is 0 Å². The highest BCUT2D eigenvalue weighted by atomic mass is 32.2. The van der Waals surface area contributed by atoms with Gasteiger partial charge < -0.3 is 20.0 Å². The van der Waals surface area contributed by atoms with Crippen LogP contribution in [0.5, 0.6) is 0 Å². The van der Waals surface area contributed by atoms with Gasteiger partial charge in [-0.25, -0.2) is 0 Å². The Labute approximate surface area is 182 Å². The number of fused-ring (bicyclic) bond motifs is 1. The van der Waals surface area contributed by atoms with Gasteiger partial charge in [0.1, 0.15) is 6.04 Å². The summed E-state index contributed by atoms with van der Waals surface area (Å²) in [5, 5.41) is 19.9. The predicted octanol–water partition coefficient (Wildman–Crippen LogP) is 1.85. The molecule has 7 nitrogen and oxygen atoms in total. The number of carboxylic acid groups (broad SMARTS) is 1. The van der Waals surface area contributed by atoms with Gasteiger partial charge in [-0.15, -0.1) is 18.3 Å². The van der Waals surface area contributed by atoms with Crippen molar-refractivity contribution in [2.24, 2.45) is 23.7 Å². The maximum Gasteiger partial charge on any atom is 0.308 e. The Kier molecular flexibility index (Phi) is 6.31. The maximum atomic E-state index is 14.0. The van der Waals surface area contributed by atoms with Gasteiger partial charge in [0.05, 0.1) is 29.2 Å². The van der Waals surface area contributed by atoms with E-state index >= 15 is 0 Å². The number of carboxylic acids is 1. The van der Waals surface area contributed by atoms with Crippen molar-refractivity contribution in [3.05, 3.63) is 12.7 Å². The standard InChI is InChI=1S/C22H34N2O5S/c1-7-8-23(12(4)5)20(27)18-22-13(6)9-15(30-22)16(21(28)29)17(22)19(26)24(18)14(10-25)11(2)3/h7,11-18,25H,1,8-10H2,2-6H3,(H,28,29)/t13?,14-,15+,16-,17-,18?,22?/m0/s1. The zero-order chi connectivity index (χ0) is 22.5. The molecule has 3 rings (SSSR count). The lowest BCUT2D eigenvalue weighted by Crippen LogP contribution is -2.60. The Balaban J connectivity index is 2.18. The Morgan fingerprint density at radius 2 is 2.00 bits per heavy atom. The molecule has 30 heavy (non-hydrogen) atoms. The molecule has 3 saturated heterocycles. The molecule has 0 saturated carbocycles. The van der Waals surface area contributed by atoms with Gasteiger partial charge in [-0.05, 0) is 32.1 Å². The third-order valence-electron chi connectivity index (χ3n) is 7.25. The van der Waals surface area contributed by atoms with Gasteiger partial charge in [-0.3, -0.25) is 14.4 Å². The van der Waals surface area contributed by atoms with Crippen LogP contribution in [0.25, 0.3) is 0 Å². The van der Waals surface area contributed by atoms with Crippen LogP contribution in [0.1, 0.15) is 41.0 Å². The van der Waals surface area contributed by atoms with Gasteiger partial charge in [0, 0.05) is 17.8 Å². The van der Waals surface area contributed by atoms with Crippen LogP contribution in [0, 0.1) is 23.7 Å². The topological polar surface area (TPSA) is 98.2 Å². The number of amides is 2. The van der Waals surface area contributed by atoms with E-state index in [4.69, 9.17) is 0 Å². The van der Waals surface area contributed by atoms with Gasteiger partial charge in [-0.1, -0.05) is 26.8 Å². The quantitative estimate of drug-likeness (QED) is 0.561. The van der Waals surface area contributed by atoms with Crippen LogP contribution in [0.2, 0.25) is 0 Å². The number of carbonyl (C=O) groups excluding carboxylic acids is 2. The first-order chi connectivity index (χ1) is 14.0. The van der Waals surface area contributed by atoms with Gasteiger partial charge in [0.2, 0.25) is 11.8 Å². The van der Waals surface area contributed by atoms with E-state index in [-0.39, 0.29) is 41.5 Å². The molecule has 168 valence electrons. The van der Waals surface area contributed by atoms with Crippen molar-refractivity contribution in [2.45, 2.75) is 69.2 Å². The Morgan fingerprint density at radius 3 is 2.47 bits per heavy atom. The minimum absolute atomic E-state index is 0.0280. The van der Waals surface area contributed by atoms with Crippen LogP contribution in [-0.4, -0.2) is 79.1 Å². The number of thioether (sulfide) groups is 1. The molecule has 1 spiro atoms. The van der Waals surface area contributed by atoms with E-state index in [0.29, 0.717) is 13.0 Å². The first-order valence-corrected chi connectivity index (χ1v) is 11.7. The lowest BCUT2D eigenvalue weighted by atomic mass is 9.66. The second kappa shape index (κ2) is 8.19. The van der Waals surface area contributed by atoms with Crippen LogP contribution in [0.3, 0.4) is 0 Å². The lowest BCUT2D eigenvalue weighted by Gasteiger charge is -2.43. The third-order valence-corrected chi connectivity index (χ3v) is 9.32. The SMILES string of the molecule is C=CCN(C(=O)C1N([C@@H](CO)C(C)C)C(=O)[C@@H]2[C@@H](C(=O)O)[C@H]3CC(C)C12S3)C(C)C. The van der Waals surface area contributed by atoms with Crippen molar-refractivity contribution in [3.8, 4) is 0 Å². The molecule has 0 aliphatic carbocycles. The average molecular weight is 439 g/mol. The highest BCUT2D eigenvalue weighted by Gasteiger charge is 2.77. The first kappa shape index (κ1) is 23.1. The lowest BCUT2D eigenvalue weighted by molar-refractivity contribution is -0.150. The fourth-order valence-electron chi connectivity index (χ4n) is 5.85. The average Bonchev–Trinajstić information content (AvgIpc) is 3.24. The molecule has 3 unspecified atom stereocenters. The van der Waals surface area contributed by atoms with E-state index in [1.165, 1.54) is 11.8 Å². The smallest absolute Gasteiger partial charge is 0.308 e. The van der Waals surface area contributed by atoms with Crippen molar-refractivity contribution in [2.75, 3.05) is 13.2 Å². The van der Waals surface area contributed by atoms with Crippen LogP contribution in [0.4, 0.5) is 0 Å². The van der Waals surface area contributed by atoms with E-state index in [2.05, 4.69) is 6.58 Å². The van der Waals surface area contributed by atoms with E-state index in [9.17, 15) is 24.6 Å². The molecule has 3 aliphatic heterocycles. The molecule has 0 aromatic carbocycles. The number of rotatable bonds is 8. The van der Waals surface area contributed by atoms with Gasteiger partial charge in [0.15, 0.2) is 0 Å². The maximum absolute atomic E-state index is 14.0. The Hall–Kier alpha value is -1.54. The Morgan fingerprint density at radius 1 is 1.37 bits per heavy atom. The summed E-state index contributed by atoms with van der Waals surface area (Å²) in [6, 6.07) is -1.42. The molecule has 3 aliphatic rings. The minimum Gasteiger partial charge on any atom is -0.481 e. The Bertz CT molecular complexity index is 741. The van der Waals surface area contributed by atoms with E-state index in [1.54, 1.807) is 15.9 Å². The third kappa shape index (κ3) is 3.09. The van der Waals surface area contributed by atoms with E-state index in [1.807, 2.05) is 34.6 Å². The summed E-state index contributed by atoms with van der Waals surface area (Å²) in [7, 11) is 0. The van der Waals surface area contributed by atoms with E-state index < -0.39 is 34.6 Å². The molecule has 0 aromatic rings. The van der Waals surface area contributed by atoms with Crippen molar-refractivity contribution in [1.82, 2.24) is 9.80 Å². The summed E-state index contributed by atoms with van der Waals surface area (Å²) in [4.78, 5) is 43.1. The molecule has 2 amide bonds. The molecule has 3 fully saturated rings. The largest absolute Gasteiger partial charge is 0.481 e. The summed E-state index contributed by atoms with van der Waals surface area (Å²) in [6.45, 7) is 13.6. The van der Waals surface area contributed by atoms with E-state index in [0.717, 1.165) is 0 Å². The summed E-state index contributed by atoms with van der Waals surface area (Å²) in [5.41, 5.74) is 0. The second-order valence-electron chi connectivity index (χ2n) is 9.50. The monoisotopic (exact) mass is 438 g/mol. The number of aliphatic hydroxyl groups is 1. The van der Waals surface area contributed by atoms with Crippen LogP contribution in [0.15, 0.2) is 12.7 Å². The van der Waals surface area contributed by atoms with Crippen molar-refractivity contribution >= 4 is 29.5 Å². The molecule has 0 radical (unpaired) electrons. The number of aliphatic carboxylic acids is 1. The van der Waals surface area contributed by atoms with Gasteiger partial charge in [0.25, 0.3) is 0 Å². The van der Waals surface area contributed by atoms with Crippen LogP contribution >= 0.6 is 11.8 Å². The number of carbonyl (C=O) groups is 3.